The van der Waals surface area contributed by atoms with Crippen LogP contribution < -0.4 is 19.6 Å². The lowest BCUT2D eigenvalue weighted by molar-refractivity contribution is -0.139. The third-order valence-electron chi connectivity index (χ3n) is 7.42. The summed E-state index contributed by atoms with van der Waals surface area (Å²) in [5, 5.41) is 0. The van der Waals surface area contributed by atoms with Crippen LogP contribution >= 0.6 is 11.3 Å². The van der Waals surface area contributed by atoms with Crippen molar-refractivity contribution in [2.45, 2.75) is 52.7 Å². The fourth-order valence-electron chi connectivity index (χ4n) is 5.20. The summed E-state index contributed by atoms with van der Waals surface area (Å²) in [6, 6.07) is 23.4. The van der Waals surface area contributed by atoms with Crippen LogP contribution in [-0.2, 0) is 22.6 Å². The van der Waals surface area contributed by atoms with Crippen molar-refractivity contribution >= 4 is 23.4 Å². The van der Waals surface area contributed by atoms with Crippen LogP contribution in [0.2, 0.25) is 0 Å². The van der Waals surface area contributed by atoms with Crippen LogP contribution in [0.5, 0.6) is 5.75 Å². The molecule has 4 aromatic rings. The molecule has 0 spiro atoms. The molecule has 0 radical (unpaired) electrons. The molecule has 3 aromatic carbocycles. The first-order chi connectivity index (χ1) is 20.8. The number of aromatic nitrogens is 1. The van der Waals surface area contributed by atoms with Crippen molar-refractivity contribution < 1.29 is 14.3 Å². The highest BCUT2D eigenvalue weighted by Crippen LogP contribution is 2.31. The maximum absolute atomic E-state index is 14.0. The molecule has 220 valence electrons. The van der Waals surface area contributed by atoms with Crippen molar-refractivity contribution in [1.29, 1.82) is 0 Å². The molecule has 5 rings (SSSR count). The van der Waals surface area contributed by atoms with Crippen LogP contribution in [0.15, 0.2) is 107 Å². The molecule has 0 bridgehead atoms. The van der Waals surface area contributed by atoms with Gasteiger partial charge in [0.1, 0.15) is 12.4 Å². The summed E-state index contributed by atoms with van der Waals surface area (Å²) >= 11 is 1.32. The molecular formula is C36H36N2O4S. The summed E-state index contributed by atoms with van der Waals surface area (Å²) in [5.74, 6) is 0.678. The Kier molecular flexibility index (Phi) is 9.22. The lowest BCUT2D eigenvalue weighted by Gasteiger charge is -2.25. The summed E-state index contributed by atoms with van der Waals surface area (Å²) in [5.41, 5.74) is 5.69. The molecule has 1 aliphatic rings. The molecule has 0 amide bonds. The van der Waals surface area contributed by atoms with E-state index in [0.29, 0.717) is 39.5 Å². The number of hydrogen-bond acceptors (Lipinski definition) is 6. The third kappa shape index (κ3) is 6.47. The van der Waals surface area contributed by atoms with Crippen molar-refractivity contribution in [2.75, 3.05) is 6.61 Å². The second-order valence-electron chi connectivity index (χ2n) is 10.8. The Morgan fingerprint density at radius 1 is 1.09 bits per heavy atom. The fourth-order valence-corrected chi connectivity index (χ4v) is 6.25. The zero-order chi connectivity index (χ0) is 30.5. The first kappa shape index (κ1) is 30.0. The van der Waals surface area contributed by atoms with E-state index in [4.69, 9.17) is 14.5 Å². The summed E-state index contributed by atoms with van der Waals surface area (Å²) in [7, 11) is 0. The van der Waals surface area contributed by atoms with E-state index >= 15 is 0 Å². The van der Waals surface area contributed by atoms with Gasteiger partial charge in [-0.15, -0.1) is 6.58 Å². The molecule has 43 heavy (non-hydrogen) atoms. The van der Waals surface area contributed by atoms with Gasteiger partial charge in [-0.3, -0.25) is 9.36 Å². The predicted molar refractivity (Wildman–Crippen MR) is 172 cm³/mol. The number of esters is 1. The molecule has 0 aliphatic carbocycles. The van der Waals surface area contributed by atoms with Crippen LogP contribution in [0.1, 0.15) is 67.5 Å². The van der Waals surface area contributed by atoms with Crippen molar-refractivity contribution in [1.82, 2.24) is 4.57 Å². The van der Waals surface area contributed by atoms with Crippen LogP contribution in [0, 0.1) is 0 Å². The van der Waals surface area contributed by atoms with Gasteiger partial charge < -0.3 is 9.47 Å². The average molecular weight is 593 g/mol. The molecule has 0 saturated heterocycles. The number of thiazole rings is 1. The molecule has 0 unspecified atom stereocenters. The van der Waals surface area contributed by atoms with Crippen molar-refractivity contribution in [2.24, 2.45) is 4.99 Å². The van der Waals surface area contributed by atoms with Gasteiger partial charge in [0.15, 0.2) is 4.80 Å². The molecule has 0 saturated carbocycles. The van der Waals surface area contributed by atoms with Crippen LogP contribution in [0.25, 0.3) is 6.08 Å². The number of fused-ring (bicyclic) bond motifs is 1. The van der Waals surface area contributed by atoms with E-state index in [0.717, 1.165) is 28.0 Å². The van der Waals surface area contributed by atoms with Gasteiger partial charge in [0.05, 0.1) is 28.5 Å². The summed E-state index contributed by atoms with van der Waals surface area (Å²) in [4.78, 5) is 32.4. The first-order valence-corrected chi connectivity index (χ1v) is 15.3. The molecule has 0 N–H and O–H groups in total. The zero-order valence-electron chi connectivity index (χ0n) is 25.0. The monoisotopic (exact) mass is 592 g/mol. The largest absolute Gasteiger partial charge is 0.489 e. The van der Waals surface area contributed by atoms with E-state index in [1.54, 1.807) is 18.4 Å². The molecule has 1 aliphatic heterocycles. The second kappa shape index (κ2) is 13.2. The Morgan fingerprint density at radius 2 is 1.84 bits per heavy atom. The topological polar surface area (TPSA) is 69.9 Å². The van der Waals surface area contributed by atoms with Gasteiger partial charge in [0, 0.05) is 0 Å². The Balaban J connectivity index is 1.57. The first-order valence-electron chi connectivity index (χ1n) is 14.5. The number of nitrogens with zero attached hydrogens (tertiary/aromatic N) is 2. The molecule has 7 heteroatoms. The lowest BCUT2D eigenvalue weighted by Crippen LogP contribution is -2.39. The highest BCUT2D eigenvalue weighted by Gasteiger charge is 2.33. The van der Waals surface area contributed by atoms with E-state index in [1.165, 1.54) is 16.9 Å². The molecule has 6 nitrogen and oxygen atoms in total. The minimum absolute atomic E-state index is 0.203. The van der Waals surface area contributed by atoms with Gasteiger partial charge in [-0.05, 0) is 72.2 Å². The summed E-state index contributed by atoms with van der Waals surface area (Å²) < 4.78 is 13.7. The van der Waals surface area contributed by atoms with Gasteiger partial charge in [0.2, 0.25) is 0 Å². The SMILES string of the molecule is C=CCc1cc(/C=c2/sc3n(c2=O)[C@@H](c2ccc(C(C)C)cc2)C(C(=O)OCC)=C(C)N=3)ccc1OCc1ccccc1. The maximum Gasteiger partial charge on any atom is 0.338 e. The van der Waals surface area contributed by atoms with Gasteiger partial charge in [-0.25, -0.2) is 9.79 Å². The van der Waals surface area contributed by atoms with Gasteiger partial charge >= 0.3 is 5.97 Å². The normalized spacial score (nSPS) is 14.8. The number of carbonyl (C=O) groups excluding carboxylic acids is 1. The van der Waals surface area contributed by atoms with E-state index in [2.05, 4.69) is 32.6 Å². The van der Waals surface area contributed by atoms with Gasteiger partial charge in [-0.2, -0.15) is 0 Å². The smallest absolute Gasteiger partial charge is 0.338 e. The van der Waals surface area contributed by atoms with Gasteiger partial charge in [-0.1, -0.05) is 91.9 Å². The Labute approximate surface area is 256 Å². The number of hydrogen-bond donors (Lipinski definition) is 0. The number of benzene rings is 3. The standard InChI is InChI=1S/C36H36N2O4S/c1-6-11-29-20-26(14-19-30(29)42-22-25-12-9-8-10-13-25)21-31-34(39)38-33(28-17-15-27(16-18-28)23(3)4)32(35(40)41-7-2)24(5)37-36(38)43-31/h6,8-10,12-21,23,33H,1,7,11,22H2,2-5H3/b31-21+/t33-/m0/s1. The van der Waals surface area contributed by atoms with E-state index in [1.807, 2.05) is 72.8 Å². The molecule has 0 fully saturated rings. The second-order valence-corrected chi connectivity index (χ2v) is 11.8. The van der Waals surface area contributed by atoms with E-state index < -0.39 is 12.0 Å². The van der Waals surface area contributed by atoms with E-state index in [-0.39, 0.29) is 12.2 Å². The summed E-state index contributed by atoms with van der Waals surface area (Å²) in [6.45, 7) is 12.4. The maximum atomic E-state index is 14.0. The molecule has 2 heterocycles. The Bertz CT molecular complexity index is 1850. The molecule has 1 aromatic heterocycles. The van der Waals surface area contributed by atoms with Crippen LogP contribution in [0.4, 0.5) is 0 Å². The minimum atomic E-state index is -0.635. The fraction of sp³-hybridized carbons (Fsp3) is 0.250. The van der Waals surface area contributed by atoms with E-state index in [9.17, 15) is 9.59 Å². The van der Waals surface area contributed by atoms with Crippen LogP contribution in [-0.4, -0.2) is 17.1 Å². The van der Waals surface area contributed by atoms with Gasteiger partial charge in [0.25, 0.3) is 5.56 Å². The number of rotatable bonds is 10. The minimum Gasteiger partial charge on any atom is -0.489 e. The van der Waals surface area contributed by atoms with Crippen molar-refractivity contribution in [3.8, 4) is 5.75 Å². The zero-order valence-corrected chi connectivity index (χ0v) is 25.8. The summed E-state index contributed by atoms with van der Waals surface area (Å²) in [6.07, 6.45) is 4.34. The highest BCUT2D eigenvalue weighted by atomic mass is 32.1. The van der Waals surface area contributed by atoms with Crippen LogP contribution in [0.3, 0.4) is 0 Å². The third-order valence-corrected chi connectivity index (χ3v) is 8.40. The number of ether oxygens (including phenoxy) is 2. The Hall–Kier alpha value is -4.49. The number of allylic oxidation sites excluding steroid dienone is 2. The quantitative estimate of drug-likeness (QED) is 0.162. The Morgan fingerprint density at radius 3 is 2.51 bits per heavy atom. The highest BCUT2D eigenvalue weighted by molar-refractivity contribution is 7.07. The average Bonchev–Trinajstić information content (AvgIpc) is 3.30. The molecular weight excluding hydrogens is 556 g/mol. The predicted octanol–water partition coefficient (Wildman–Crippen LogP) is 6.23. The van der Waals surface area contributed by atoms with Crippen molar-refractivity contribution in [3.05, 3.63) is 144 Å². The lowest BCUT2D eigenvalue weighted by atomic mass is 9.93. The number of carbonyl (C=O) groups is 1. The molecule has 1 atom stereocenters. The van der Waals surface area contributed by atoms with Crippen molar-refractivity contribution in [3.63, 3.8) is 0 Å².